The summed E-state index contributed by atoms with van der Waals surface area (Å²) < 4.78 is 10.4. The van der Waals surface area contributed by atoms with E-state index in [9.17, 15) is 10.2 Å². The molecule has 1 rings (SSSR count). The fourth-order valence-corrected chi connectivity index (χ4v) is 2.31. The van der Waals surface area contributed by atoms with Crippen molar-refractivity contribution >= 4 is 0 Å². The summed E-state index contributed by atoms with van der Waals surface area (Å²) in [7, 11) is 1.63. The molecule has 1 aliphatic rings. The second-order valence-corrected chi connectivity index (χ2v) is 5.24. The van der Waals surface area contributed by atoms with E-state index < -0.39 is 6.10 Å². The van der Waals surface area contributed by atoms with Crippen molar-refractivity contribution in [2.24, 2.45) is 5.92 Å². The Kier molecular flexibility index (Phi) is 7.77. The highest BCUT2D eigenvalue weighted by Crippen LogP contribution is 2.24. The highest BCUT2D eigenvalue weighted by Gasteiger charge is 2.22. The molecule has 18 heavy (non-hydrogen) atoms. The minimum Gasteiger partial charge on any atom is -0.393 e. The van der Waals surface area contributed by atoms with E-state index in [2.05, 4.69) is 5.32 Å². The van der Waals surface area contributed by atoms with E-state index in [1.165, 1.54) is 0 Å². The third-order valence-electron chi connectivity index (χ3n) is 3.30. The molecule has 0 spiro atoms. The summed E-state index contributed by atoms with van der Waals surface area (Å²) in [5.74, 6) is 0.542. The minimum atomic E-state index is -0.490. The van der Waals surface area contributed by atoms with Gasteiger partial charge in [-0.05, 0) is 38.6 Å². The highest BCUT2D eigenvalue weighted by atomic mass is 16.5. The Labute approximate surface area is 109 Å². The van der Waals surface area contributed by atoms with Crippen molar-refractivity contribution in [2.45, 2.75) is 44.5 Å². The molecule has 0 radical (unpaired) electrons. The molecule has 0 aromatic carbocycles. The number of hydrogen-bond donors (Lipinski definition) is 3. The maximum Gasteiger partial charge on any atom is 0.0897 e. The van der Waals surface area contributed by atoms with E-state index in [0.717, 1.165) is 25.8 Å². The lowest BCUT2D eigenvalue weighted by Gasteiger charge is -2.17. The third kappa shape index (κ3) is 6.66. The van der Waals surface area contributed by atoms with E-state index in [0.29, 0.717) is 25.7 Å². The van der Waals surface area contributed by atoms with Gasteiger partial charge in [0.05, 0.1) is 31.5 Å². The lowest BCUT2D eigenvalue weighted by atomic mass is 10.1. The largest absolute Gasteiger partial charge is 0.393 e. The molecule has 1 aliphatic carbocycles. The zero-order chi connectivity index (χ0) is 13.4. The molecule has 0 saturated heterocycles. The number of aliphatic hydroxyl groups excluding tert-OH is 2. The maximum atomic E-state index is 9.71. The number of aliphatic hydroxyl groups is 2. The average Bonchev–Trinajstić information content (AvgIpc) is 2.73. The molecule has 1 fully saturated rings. The van der Waals surface area contributed by atoms with E-state index in [-0.39, 0.29) is 12.2 Å². The van der Waals surface area contributed by atoms with E-state index in [1.807, 2.05) is 6.92 Å². The number of rotatable bonds is 9. The van der Waals surface area contributed by atoms with Crippen LogP contribution in [0.2, 0.25) is 0 Å². The second kappa shape index (κ2) is 8.82. The Hall–Kier alpha value is -0.200. The molecule has 108 valence electrons. The SMILES string of the molecule is COCC(C)OCC(O)CNCC1CCC(O)C1. The average molecular weight is 261 g/mol. The standard InChI is InChI=1S/C13H27NO4/c1-10(8-17-2)18-9-13(16)7-14-6-11-3-4-12(15)5-11/h10-16H,3-9H2,1-2H3. The molecule has 1 saturated carbocycles. The Morgan fingerprint density at radius 1 is 1.33 bits per heavy atom. The first kappa shape index (κ1) is 15.9. The van der Waals surface area contributed by atoms with Crippen LogP contribution in [0, 0.1) is 5.92 Å². The van der Waals surface area contributed by atoms with E-state index in [1.54, 1.807) is 7.11 Å². The maximum absolute atomic E-state index is 9.71. The van der Waals surface area contributed by atoms with Crippen LogP contribution in [0.5, 0.6) is 0 Å². The van der Waals surface area contributed by atoms with Crippen LogP contribution in [0.25, 0.3) is 0 Å². The van der Waals surface area contributed by atoms with Crippen molar-refractivity contribution in [3.8, 4) is 0 Å². The van der Waals surface area contributed by atoms with Crippen molar-refractivity contribution in [3.05, 3.63) is 0 Å². The van der Waals surface area contributed by atoms with Gasteiger partial charge in [0.2, 0.25) is 0 Å². The van der Waals surface area contributed by atoms with Gasteiger partial charge in [-0.2, -0.15) is 0 Å². The lowest BCUT2D eigenvalue weighted by Crippen LogP contribution is -2.34. The first-order valence-electron chi connectivity index (χ1n) is 6.79. The van der Waals surface area contributed by atoms with Crippen LogP contribution in [0.15, 0.2) is 0 Å². The molecule has 5 heteroatoms. The zero-order valence-corrected chi connectivity index (χ0v) is 11.5. The first-order valence-corrected chi connectivity index (χ1v) is 6.79. The molecule has 0 heterocycles. The quantitative estimate of drug-likeness (QED) is 0.551. The molecule has 0 aromatic rings. The predicted octanol–water partition coefficient (Wildman–Crippen LogP) is 0.149. The van der Waals surface area contributed by atoms with Crippen molar-refractivity contribution in [1.82, 2.24) is 5.32 Å². The van der Waals surface area contributed by atoms with Gasteiger partial charge in [-0.1, -0.05) is 0 Å². The Bertz CT molecular complexity index is 215. The van der Waals surface area contributed by atoms with Crippen molar-refractivity contribution in [2.75, 3.05) is 33.4 Å². The molecular formula is C13H27NO4. The molecule has 0 bridgehead atoms. The van der Waals surface area contributed by atoms with Gasteiger partial charge < -0.3 is 25.0 Å². The first-order chi connectivity index (χ1) is 8.61. The summed E-state index contributed by atoms with van der Waals surface area (Å²) >= 11 is 0. The summed E-state index contributed by atoms with van der Waals surface area (Å²) in [6.07, 6.45) is 2.26. The van der Waals surface area contributed by atoms with Gasteiger partial charge >= 0.3 is 0 Å². The molecule has 0 aromatic heterocycles. The van der Waals surface area contributed by atoms with Gasteiger partial charge in [-0.25, -0.2) is 0 Å². The predicted molar refractivity (Wildman–Crippen MR) is 69.5 cm³/mol. The highest BCUT2D eigenvalue weighted by molar-refractivity contribution is 4.76. The number of hydrogen-bond acceptors (Lipinski definition) is 5. The van der Waals surface area contributed by atoms with Crippen molar-refractivity contribution in [3.63, 3.8) is 0 Å². The van der Waals surface area contributed by atoms with Crippen LogP contribution in [0.3, 0.4) is 0 Å². The van der Waals surface area contributed by atoms with Gasteiger partial charge in [-0.15, -0.1) is 0 Å². The van der Waals surface area contributed by atoms with E-state index in [4.69, 9.17) is 9.47 Å². The van der Waals surface area contributed by atoms with Crippen LogP contribution in [0.1, 0.15) is 26.2 Å². The third-order valence-corrected chi connectivity index (χ3v) is 3.30. The monoisotopic (exact) mass is 261 g/mol. The van der Waals surface area contributed by atoms with Gasteiger partial charge in [0.15, 0.2) is 0 Å². The number of methoxy groups -OCH3 is 1. The van der Waals surface area contributed by atoms with Crippen LogP contribution < -0.4 is 5.32 Å². The van der Waals surface area contributed by atoms with Gasteiger partial charge in [-0.3, -0.25) is 0 Å². The van der Waals surface area contributed by atoms with Gasteiger partial charge in [0.25, 0.3) is 0 Å². The Balaban J connectivity index is 1.98. The minimum absolute atomic E-state index is 0.00892. The number of nitrogens with one attached hydrogen (secondary N) is 1. The van der Waals surface area contributed by atoms with Crippen LogP contribution in [-0.4, -0.2) is 61.9 Å². The van der Waals surface area contributed by atoms with E-state index >= 15 is 0 Å². The van der Waals surface area contributed by atoms with Crippen molar-refractivity contribution in [1.29, 1.82) is 0 Å². The molecule has 4 atom stereocenters. The number of ether oxygens (including phenoxy) is 2. The smallest absolute Gasteiger partial charge is 0.0897 e. The van der Waals surface area contributed by atoms with Crippen LogP contribution in [0.4, 0.5) is 0 Å². The van der Waals surface area contributed by atoms with Gasteiger partial charge in [0, 0.05) is 13.7 Å². The normalized spacial score (nSPS) is 27.3. The van der Waals surface area contributed by atoms with Crippen molar-refractivity contribution < 1.29 is 19.7 Å². The Morgan fingerprint density at radius 3 is 2.72 bits per heavy atom. The summed E-state index contributed by atoms with van der Waals surface area (Å²) in [6, 6.07) is 0. The molecule has 0 aliphatic heterocycles. The molecule has 4 unspecified atom stereocenters. The van der Waals surface area contributed by atoms with Gasteiger partial charge in [0.1, 0.15) is 0 Å². The fourth-order valence-electron chi connectivity index (χ4n) is 2.31. The lowest BCUT2D eigenvalue weighted by molar-refractivity contribution is -0.0311. The summed E-state index contributed by atoms with van der Waals surface area (Å²) in [5, 5.41) is 22.3. The Morgan fingerprint density at radius 2 is 2.11 bits per heavy atom. The summed E-state index contributed by atoms with van der Waals surface area (Å²) in [5.41, 5.74) is 0. The zero-order valence-electron chi connectivity index (χ0n) is 11.5. The molecular weight excluding hydrogens is 234 g/mol. The summed E-state index contributed by atoms with van der Waals surface area (Å²) in [6.45, 7) is 4.18. The fraction of sp³-hybridized carbons (Fsp3) is 1.00. The topological polar surface area (TPSA) is 71.0 Å². The van der Waals surface area contributed by atoms with Crippen LogP contribution >= 0.6 is 0 Å². The van der Waals surface area contributed by atoms with Crippen LogP contribution in [-0.2, 0) is 9.47 Å². The summed E-state index contributed by atoms with van der Waals surface area (Å²) in [4.78, 5) is 0. The molecule has 0 amide bonds. The molecule has 5 nitrogen and oxygen atoms in total. The second-order valence-electron chi connectivity index (χ2n) is 5.24. The molecule has 3 N–H and O–H groups in total.